The molecule has 2 N–H and O–H groups in total. The van der Waals surface area contributed by atoms with Crippen LogP contribution in [0.1, 0.15) is 187 Å². The fraction of sp³-hybridized carbons (Fsp3) is 0.740. The highest BCUT2D eigenvalue weighted by atomic mass is 31.2. The molecule has 0 radical (unpaired) electrons. The number of unbranched alkanes of at least 4 members (excludes halogenated alkanes) is 17. The van der Waals surface area contributed by atoms with Gasteiger partial charge in [0.15, 0.2) is 0 Å². The van der Waals surface area contributed by atoms with Gasteiger partial charge >= 0.3 is 0 Å². The summed E-state index contributed by atoms with van der Waals surface area (Å²) in [5.74, 6) is -0.192. The number of nitrogens with one attached hydrogen (secondary N) is 1. The van der Waals surface area contributed by atoms with Gasteiger partial charge in [0.05, 0.1) is 39.9 Å². The Bertz CT molecular complexity index is 1190. The van der Waals surface area contributed by atoms with E-state index < -0.39 is 20.0 Å². The number of aliphatic hydroxyl groups is 1. The summed E-state index contributed by atoms with van der Waals surface area (Å²) in [6, 6.07) is -0.818. The monoisotopic (exact) mass is 847 g/mol. The largest absolute Gasteiger partial charge is 0.756 e. The molecule has 0 aromatic carbocycles. The number of hydrogen-bond acceptors (Lipinski definition) is 6. The van der Waals surface area contributed by atoms with E-state index in [0.29, 0.717) is 23.9 Å². The van der Waals surface area contributed by atoms with Gasteiger partial charge in [0.25, 0.3) is 7.82 Å². The van der Waals surface area contributed by atoms with Crippen LogP contribution in [0, 0.1) is 0 Å². The summed E-state index contributed by atoms with van der Waals surface area (Å²) in [7, 11) is 1.27. The molecular formula is C50H91N2O6P. The fourth-order valence-electron chi connectivity index (χ4n) is 6.45. The average Bonchev–Trinajstić information content (AvgIpc) is 3.19. The van der Waals surface area contributed by atoms with E-state index in [2.05, 4.69) is 92.1 Å². The van der Waals surface area contributed by atoms with Gasteiger partial charge in [-0.05, 0) is 64.2 Å². The number of allylic oxidation sites excluding steroid dienone is 12. The Morgan fingerprint density at radius 2 is 1.03 bits per heavy atom. The molecule has 3 unspecified atom stereocenters. The highest BCUT2D eigenvalue weighted by molar-refractivity contribution is 7.45. The van der Waals surface area contributed by atoms with Gasteiger partial charge in [0, 0.05) is 6.42 Å². The number of aliphatic hydroxyl groups excluding tert-OH is 1. The van der Waals surface area contributed by atoms with E-state index in [0.717, 1.165) is 89.9 Å². The molecule has 0 saturated heterocycles. The molecule has 3 atom stereocenters. The summed E-state index contributed by atoms with van der Waals surface area (Å²) in [5, 5.41) is 13.9. The number of carbonyl (C=O) groups excluding carboxylic acids is 1. The second-order valence-electron chi connectivity index (χ2n) is 17.1. The van der Waals surface area contributed by atoms with Gasteiger partial charge in [0.1, 0.15) is 13.2 Å². The molecule has 0 aromatic rings. The lowest BCUT2D eigenvalue weighted by Gasteiger charge is -2.30. The molecule has 59 heavy (non-hydrogen) atoms. The number of amides is 1. The lowest BCUT2D eigenvalue weighted by atomic mass is 10.0. The van der Waals surface area contributed by atoms with Crippen LogP contribution in [0.2, 0.25) is 0 Å². The third kappa shape index (κ3) is 43.8. The van der Waals surface area contributed by atoms with E-state index in [1.807, 2.05) is 21.1 Å². The summed E-state index contributed by atoms with van der Waals surface area (Å²) in [6.07, 6.45) is 54.7. The standard InChI is InChI=1S/C50H91N2O6P/c1-6-8-10-12-14-16-18-20-22-23-24-25-26-27-28-29-30-32-34-36-38-40-42-44-50(54)51-48(47-58-59(55,56)57-46-45-52(3,4)5)49(53)43-41-39-37-35-33-31-21-19-17-15-13-11-9-7-2/h8,10,14,16,20,22,24-25,27-28,30,32,48-49,53H,6-7,9,11-13,15,17-19,21,23,26,29,31,33-47H2,1-5H3,(H-,51,54,55,56)/b10-8-,16-14-,22-20-,25-24-,28-27-,32-30-. The molecule has 0 spiro atoms. The minimum atomic E-state index is -4.58. The Morgan fingerprint density at radius 3 is 1.51 bits per heavy atom. The summed E-state index contributed by atoms with van der Waals surface area (Å²) in [5.41, 5.74) is 0. The Balaban J connectivity index is 4.38. The number of phosphoric ester groups is 1. The fourth-order valence-corrected chi connectivity index (χ4v) is 7.18. The van der Waals surface area contributed by atoms with Crippen molar-refractivity contribution in [3.63, 3.8) is 0 Å². The Kier molecular flexibility index (Phi) is 39.9. The van der Waals surface area contributed by atoms with Gasteiger partial charge < -0.3 is 28.8 Å². The maximum atomic E-state index is 12.9. The van der Waals surface area contributed by atoms with Crippen LogP contribution in [0.5, 0.6) is 0 Å². The van der Waals surface area contributed by atoms with E-state index in [1.54, 1.807) is 0 Å². The first-order valence-corrected chi connectivity index (χ1v) is 25.2. The molecule has 0 fully saturated rings. The number of nitrogens with zero attached hydrogens (tertiary/aromatic N) is 1. The van der Waals surface area contributed by atoms with E-state index >= 15 is 0 Å². The Labute approximate surface area is 364 Å². The zero-order chi connectivity index (χ0) is 43.6. The molecule has 0 aliphatic carbocycles. The van der Waals surface area contributed by atoms with Gasteiger partial charge in [-0.1, -0.05) is 189 Å². The van der Waals surface area contributed by atoms with E-state index in [9.17, 15) is 19.4 Å². The first-order chi connectivity index (χ1) is 28.5. The van der Waals surface area contributed by atoms with E-state index in [-0.39, 0.29) is 19.1 Å². The number of quaternary nitrogens is 1. The third-order valence-corrected chi connectivity index (χ3v) is 11.2. The van der Waals surface area contributed by atoms with Crippen LogP contribution in [0.3, 0.4) is 0 Å². The molecule has 342 valence electrons. The summed E-state index contributed by atoms with van der Waals surface area (Å²) in [4.78, 5) is 25.4. The summed E-state index contributed by atoms with van der Waals surface area (Å²) < 4.78 is 23.3. The second-order valence-corrected chi connectivity index (χ2v) is 18.5. The smallest absolute Gasteiger partial charge is 0.268 e. The topological polar surface area (TPSA) is 108 Å². The lowest BCUT2D eigenvalue weighted by Crippen LogP contribution is -2.46. The lowest BCUT2D eigenvalue weighted by molar-refractivity contribution is -0.870. The molecule has 0 aliphatic heterocycles. The van der Waals surface area contributed by atoms with Crippen molar-refractivity contribution in [3.05, 3.63) is 72.9 Å². The number of carbonyl (C=O) groups is 1. The van der Waals surface area contributed by atoms with Crippen molar-refractivity contribution >= 4 is 13.7 Å². The molecule has 0 bridgehead atoms. The normalized spacial score (nSPS) is 14.9. The number of rotatable bonds is 42. The van der Waals surface area contributed by atoms with Gasteiger partial charge in [-0.25, -0.2) is 0 Å². The SMILES string of the molecule is CC/C=C\C/C=C\C/C=C\C/C=C\C/C=C\C/C=C\CCCCCCC(=O)NC(COP(=O)([O-])OCC[N+](C)(C)C)C(O)CCCCCCCCCCCCCCCC. The van der Waals surface area contributed by atoms with Gasteiger partial charge in [0.2, 0.25) is 5.91 Å². The van der Waals surface area contributed by atoms with Crippen LogP contribution in [0.25, 0.3) is 0 Å². The Morgan fingerprint density at radius 1 is 0.610 bits per heavy atom. The van der Waals surface area contributed by atoms with Crippen LogP contribution in [-0.2, 0) is 18.4 Å². The Hall–Kier alpha value is -2.06. The van der Waals surface area contributed by atoms with Crippen LogP contribution in [0.15, 0.2) is 72.9 Å². The zero-order valence-electron chi connectivity index (χ0n) is 38.7. The molecule has 9 heteroatoms. The number of likely N-dealkylation sites (N-methyl/N-ethyl adjacent to an activating group) is 1. The minimum absolute atomic E-state index is 0.00297. The van der Waals surface area contributed by atoms with E-state index in [4.69, 9.17) is 9.05 Å². The summed E-state index contributed by atoms with van der Waals surface area (Å²) in [6.45, 7) is 4.57. The van der Waals surface area contributed by atoms with Gasteiger partial charge in [-0.15, -0.1) is 0 Å². The van der Waals surface area contributed by atoms with Crippen molar-refractivity contribution < 1.29 is 32.9 Å². The molecule has 0 rings (SSSR count). The predicted molar refractivity (Wildman–Crippen MR) is 251 cm³/mol. The molecule has 0 aromatic heterocycles. The second kappa shape index (κ2) is 41.3. The quantitative estimate of drug-likeness (QED) is 0.0274. The van der Waals surface area contributed by atoms with Gasteiger partial charge in [-0.2, -0.15) is 0 Å². The van der Waals surface area contributed by atoms with Crippen LogP contribution in [-0.4, -0.2) is 68.5 Å². The van der Waals surface area contributed by atoms with E-state index in [1.165, 1.54) is 70.6 Å². The summed E-state index contributed by atoms with van der Waals surface area (Å²) >= 11 is 0. The van der Waals surface area contributed by atoms with Crippen molar-refractivity contribution in [2.75, 3.05) is 40.9 Å². The molecule has 8 nitrogen and oxygen atoms in total. The highest BCUT2D eigenvalue weighted by Crippen LogP contribution is 2.38. The first-order valence-electron chi connectivity index (χ1n) is 23.8. The molecular weight excluding hydrogens is 756 g/mol. The zero-order valence-corrected chi connectivity index (χ0v) is 39.6. The van der Waals surface area contributed by atoms with Crippen LogP contribution < -0.4 is 10.2 Å². The maximum Gasteiger partial charge on any atom is 0.268 e. The minimum Gasteiger partial charge on any atom is -0.756 e. The maximum absolute atomic E-state index is 12.9. The highest BCUT2D eigenvalue weighted by Gasteiger charge is 2.24. The van der Waals surface area contributed by atoms with Crippen molar-refractivity contribution in [2.45, 2.75) is 199 Å². The number of hydrogen-bond donors (Lipinski definition) is 2. The first kappa shape index (κ1) is 56.9. The van der Waals surface area contributed by atoms with Crippen molar-refractivity contribution in [1.29, 1.82) is 0 Å². The number of phosphoric acid groups is 1. The molecule has 1 amide bonds. The molecule has 0 aliphatic rings. The molecule has 0 heterocycles. The van der Waals surface area contributed by atoms with Crippen LogP contribution >= 0.6 is 7.82 Å². The predicted octanol–water partition coefficient (Wildman–Crippen LogP) is 12.9. The average molecular weight is 847 g/mol. The molecule has 0 saturated carbocycles. The van der Waals surface area contributed by atoms with Crippen LogP contribution in [0.4, 0.5) is 0 Å². The van der Waals surface area contributed by atoms with Crippen molar-refractivity contribution in [3.8, 4) is 0 Å². The van der Waals surface area contributed by atoms with Crippen molar-refractivity contribution in [1.82, 2.24) is 5.32 Å². The third-order valence-electron chi connectivity index (χ3n) is 10.2. The van der Waals surface area contributed by atoms with Crippen molar-refractivity contribution in [2.24, 2.45) is 0 Å². The van der Waals surface area contributed by atoms with Gasteiger partial charge in [-0.3, -0.25) is 9.36 Å².